The summed E-state index contributed by atoms with van der Waals surface area (Å²) < 4.78 is 2.96. The molecule has 2 aromatic carbocycles. The summed E-state index contributed by atoms with van der Waals surface area (Å²) in [6, 6.07) is 8.58. The summed E-state index contributed by atoms with van der Waals surface area (Å²) >= 11 is 51.9. The Morgan fingerprint density at radius 2 is 1.39 bits per heavy atom. The Kier molecular flexibility index (Phi) is 7.82. The van der Waals surface area contributed by atoms with Crippen molar-refractivity contribution in [2.45, 2.75) is 27.0 Å². The fourth-order valence-electron chi connectivity index (χ4n) is 5.53. The maximum atomic E-state index is 14.1. The zero-order valence-electron chi connectivity index (χ0n) is 20.7. The average Bonchev–Trinajstić information content (AvgIpc) is 3.31. The van der Waals surface area contributed by atoms with Gasteiger partial charge in [-0.05, 0) is 49.4 Å². The van der Waals surface area contributed by atoms with Crippen molar-refractivity contribution in [1.82, 2.24) is 10.0 Å². The van der Waals surface area contributed by atoms with E-state index < -0.39 is 55.5 Å². The molecular weight excluding hydrogens is 704 g/mol. The summed E-state index contributed by atoms with van der Waals surface area (Å²) in [6.45, 7) is 1.34. The molecule has 0 spiro atoms. The fraction of sp³-hybridized carbons (Fsp3) is 0.308. The van der Waals surface area contributed by atoms with Crippen LogP contribution in [0.5, 0.6) is 5.75 Å². The van der Waals surface area contributed by atoms with Gasteiger partial charge in [0.05, 0.1) is 39.6 Å². The van der Waals surface area contributed by atoms with Crippen LogP contribution in [0.25, 0.3) is 0 Å². The van der Waals surface area contributed by atoms with Crippen molar-refractivity contribution in [3.05, 3.63) is 73.7 Å². The number of benzene rings is 2. The van der Waals surface area contributed by atoms with Crippen LogP contribution in [0.2, 0.25) is 10.0 Å². The van der Waals surface area contributed by atoms with Crippen LogP contribution in [-0.4, -0.2) is 60.8 Å². The van der Waals surface area contributed by atoms with Gasteiger partial charge in [-0.25, -0.2) is 5.01 Å². The van der Waals surface area contributed by atoms with Gasteiger partial charge in [-0.1, -0.05) is 69.6 Å². The van der Waals surface area contributed by atoms with E-state index in [-0.39, 0.29) is 31.2 Å². The van der Waals surface area contributed by atoms with E-state index in [0.717, 1.165) is 0 Å². The lowest BCUT2D eigenvalue weighted by molar-refractivity contribution is -0.157. The molecule has 41 heavy (non-hydrogen) atoms. The Labute approximate surface area is 274 Å². The van der Waals surface area contributed by atoms with E-state index in [4.69, 9.17) is 97.5 Å². The fourth-order valence-corrected chi connectivity index (χ4v) is 8.94. The number of ether oxygens (including phenoxy) is 1. The summed E-state index contributed by atoms with van der Waals surface area (Å²) in [5.41, 5.74) is 0.0130. The number of Topliss-reactive ketones (excluding diaryl/α,β-unsaturated/α-hetero) is 1. The van der Waals surface area contributed by atoms with Crippen LogP contribution in [0.15, 0.2) is 52.5 Å². The van der Waals surface area contributed by atoms with Gasteiger partial charge in [0, 0.05) is 10.6 Å². The molecule has 216 valence electrons. The summed E-state index contributed by atoms with van der Waals surface area (Å²) in [5.74, 6) is -6.19. The number of alkyl halides is 4. The molecule has 1 saturated heterocycles. The summed E-state index contributed by atoms with van der Waals surface area (Å²) in [6.07, 6.45) is 0. The molecule has 0 radical (unpaired) electrons. The molecule has 15 heteroatoms. The number of rotatable bonds is 6. The molecular formula is C26H16Cl8N2O5. The molecule has 5 atom stereocenters. The number of imide groups is 1. The Morgan fingerprint density at radius 3 is 1.85 bits per heavy atom. The number of allylic oxidation sites excluding steroid dienone is 2. The number of fused-ring (bicyclic) bond motifs is 5. The van der Waals surface area contributed by atoms with Crippen LogP contribution in [0.3, 0.4) is 0 Å². The van der Waals surface area contributed by atoms with Gasteiger partial charge in [0.15, 0.2) is 10.1 Å². The molecule has 0 unspecified atom stereocenters. The van der Waals surface area contributed by atoms with Crippen molar-refractivity contribution in [3.8, 4) is 5.75 Å². The molecule has 0 N–H and O–H groups in total. The molecule has 0 aromatic heterocycles. The monoisotopic (exact) mass is 716 g/mol. The van der Waals surface area contributed by atoms with E-state index in [1.807, 2.05) is 0 Å². The van der Waals surface area contributed by atoms with E-state index in [2.05, 4.69) is 0 Å². The third kappa shape index (κ3) is 4.00. The van der Waals surface area contributed by atoms with Crippen LogP contribution in [-0.2, 0) is 9.59 Å². The number of amides is 3. The van der Waals surface area contributed by atoms with E-state index in [9.17, 15) is 19.2 Å². The van der Waals surface area contributed by atoms with Crippen LogP contribution >= 0.6 is 92.8 Å². The number of methoxy groups -OCH3 is 1. The average molecular weight is 720 g/mol. The Bertz CT molecular complexity index is 1520. The second-order valence-corrected chi connectivity index (χ2v) is 13.7. The summed E-state index contributed by atoms with van der Waals surface area (Å²) in [5, 5.41) is 0.760. The molecule has 2 aromatic rings. The van der Waals surface area contributed by atoms with Crippen LogP contribution in [0, 0.1) is 11.8 Å². The molecule has 7 nitrogen and oxygen atoms in total. The SMILES string of the molecule is COc1ccc(C(=O)[C@H](C)N(C(=O)c2ccc(Cl)cc2Cl)N2C(=O)[C@@H]3[C@@H](C2=O)[C@@]2(Cl)C(Cl)=C(Cl)[C@@]3(Cl)C2(Cl)Cl)cc1. The predicted octanol–water partition coefficient (Wildman–Crippen LogP) is 7.08. The van der Waals surface area contributed by atoms with E-state index in [1.165, 1.54) is 44.4 Å². The first-order chi connectivity index (χ1) is 19.1. The lowest BCUT2D eigenvalue weighted by Crippen LogP contribution is -2.59. The van der Waals surface area contributed by atoms with Crippen LogP contribution in [0.4, 0.5) is 0 Å². The molecule has 2 aliphatic carbocycles. The van der Waals surface area contributed by atoms with Crippen molar-refractivity contribution in [3.63, 3.8) is 0 Å². The quantitative estimate of drug-likeness (QED) is 0.181. The van der Waals surface area contributed by atoms with Gasteiger partial charge < -0.3 is 4.74 Å². The third-order valence-electron chi connectivity index (χ3n) is 7.59. The van der Waals surface area contributed by atoms with E-state index in [0.29, 0.717) is 15.8 Å². The topological polar surface area (TPSA) is 84.0 Å². The highest BCUT2D eigenvalue weighted by Gasteiger charge is 2.88. The normalized spacial score (nSPS) is 28.7. The van der Waals surface area contributed by atoms with Crippen LogP contribution < -0.4 is 4.74 Å². The maximum Gasteiger partial charge on any atom is 0.275 e. The highest BCUT2D eigenvalue weighted by molar-refractivity contribution is 6.66. The second kappa shape index (κ2) is 10.3. The zero-order chi connectivity index (χ0) is 30.4. The molecule has 1 saturated carbocycles. The molecule has 2 fully saturated rings. The number of halogens is 8. The smallest absolute Gasteiger partial charge is 0.275 e. The molecule has 1 heterocycles. The van der Waals surface area contributed by atoms with Gasteiger partial charge in [0.1, 0.15) is 21.5 Å². The molecule has 2 bridgehead atoms. The molecule has 5 rings (SSSR count). The number of hydrogen-bond donors (Lipinski definition) is 0. The minimum atomic E-state index is -2.18. The number of carbonyl (C=O) groups is 4. The largest absolute Gasteiger partial charge is 0.497 e. The molecule has 1 aliphatic heterocycles. The second-order valence-electron chi connectivity index (χ2n) is 9.61. The highest BCUT2D eigenvalue weighted by Crippen LogP contribution is 2.77. The number of hydrazine groups is 1. The van der Waals surface area contributed by atoms with Crippen molar-refractivity contribution < 1.29 is 23.9 Å². The van der Waals surface area contributed by atoms with Crippen molar-refractivity contribution in [2.24, 2.45) is 11.8 Å². The molecule has 3 aliphatic rings. The van der Waals surface area contributed by atoms with Gasteiger partial charge in [-0.3, -0.25) is 19.2 Å². The molecule has 3 amide bonds. The van der Waals surface area contributed by atoms with Crippen molar-refractivity contribution in [1.29, 1.82) is 0 Å². The zero-order valence-corrected chi connectivity index (χ0v) is 26.8. The Hall–Kier alpha value is -1.42. The minimum absolute atomic E-state index is 0.0909. The highest BCUT2D eigenvalue weighted by atomic mass is 35.5. The van der Waals surface area contributed by atoms with Crippen molar-refractivity contribution in [2.75, 3.05) is 7.11 Å². The Balaban J connectivity index is 1.64. The first-order valence-corrected chi connectivity index (χ1v) is 14.8. The predicted molar refractivity (Wildman–Crippen MR) is 159 cm³/mol. The summed E-state index contributed by atoms with van der Waals surface area (Å²) in [4.78, 5) is 51.7. The van der Waals surface area contributed by atoms with Gasteiger partial charge in [-0.15, -0.1) is 23.2 Å². The van der Waals surface area contributed by atoms with E-state index >= 15 is 0 Å². The Morgan fingerprint density at radius 1 is 0.878 bits per heavy atom. The van der Waals surface area contributed by atoms with Crippen molar-refractivity contribution >= 4 is 116 Å². The van der Waals surface area contributed by atoms with E-state index in [1.54, 1.807) is 12.1 Å². The maximum absolute atomic E-state index is 14.1. The first kappa shape index (κ1) is 31.0. The number of ketones is 1. The lowest BCUT2D eigenvalue weighted by atomic mass is 9.84. The minimum Gasteiger partial charge on any atom is -0.497 e. The summed E-state index contributed by atoms with van der Waals surface area (Å²) in [7, 11) is 1.46. The number of nitrogens with zero attached hydrogens (tertiary/aromatic N) is 2. The lowest BCUT2D eigenvalue weighted by Gasteiger charge is -2.38. The third-order valence-corrected chi connectivity index (χ3v) is 12.4. The standard InChI is InChI=1S/C26H16Cl8N2O5/c1-10(18(37)11-3-6-13(41-2)7-4-11)35(21(38)14-8-5-12(27)9-15(14)28)36-22(39)16-17(23(36)40)25(32)20(30)19(29)24(16,31)26(25,33)34/h3-10,16-17H,1-2H3/t10-,16-,17-,24+,25+/m0/s1. The number of hydrogen-bond acceptors (Lipinski definition) is 5. The van der Waals surface area contributed by atoms with Gasteiger partial charge in [-0.2, -0.15) is 5.01 Å². The van der Waals surface area contributed by atoms with Gasteiger partial charge in [0.2, 0.25) is 0 Å². The number of carbonyl (C=O) groups excluding carboxylic acids is 4. The van der Waals surface area contributed by atoms with Crippen LogP contribution in [0.1, 0.15) is 27.6 Å². The first-order valence-electron chi connectivity index (χ1n) is 11.7. The van der Waals surface area contributed by atoms with Gasteiger partial charge >= 0.3 is 0 Å². The van der Waals surface area contributed by atoms with Gasteiger partial charge in [0.25, 0.3) is 17.7 Å².